The van der Waals surface area contributed by atoms with E-state index in [0.29, 0.717) is 6.42 Å². The lowest BCUT2D eigenvalue weighted by Crippen LogP contribution is -2.12. The Bertz CT molecular complexity index is 736. The molecule has 20 heavy (non-hydrogen) atoms. The van der Waals surface area contributed by atoms with Crippen LogP contribution in [0.15, 0.2) is 54.6 Å². The fraction of sp³-hybridized carbons (Fsp3) is 0.167. The first kappa shape index (κ1) is 12.7. The summed E-state index contributed by atoms with van der Waals surface area (Å²) in [6.07, 6.45) is 0.553. The van der Waals surface area contributed by atoms with Gasteiger partial charge in [0.2, 0.25) is 0 Å². The van der Waals surface area contributed by atoms with Crippen molar-refractivity contribution in [3.05, 3.63) is 60.2 Å². The number of fused-ring (bicyclic) bond motifs is 2. The summed E-state index contributed by atoms with van der Waals surface area (Å²) in [6, 6.07) is 18.5. The highest BCUT2D eigenvalue weighted by Gasteiger charge is 2.15. The quantitative estimate of drug-likeness (QED) is 0.718. The molecule has 1 unspecified atom stereocenters. The lowest BCUT2D eigenvalue weighted by atomic mass is 9.91. The standard InChI is InChI=1S/C18H16O2/c1-12(18(19)20)10-17-15-8-4-2-6-13(15)11-14-7-3-5-9-16(14)17/h2-9,11-12H,10H2,1H3,(H,19,20). The van der Waals surface area contributed by atoms with Gasteiger partial charge in [-0.05, 0) is 39.6 Å². The number of carbonyl (C=O) groups is 1. The Labute approximate surface area is 117 Å². The van der Waals surface area contributed by atoms with Crippen LogP contribution >= 0.6 is 0 Å². The SMILES string of the molecule is CC(Cc1c2ccccc2cc2ccccc12)C(=O)O. The van der Waals surface area contributed by atoms with E-state index in [4.69, 9.17) is 0 Å². The van der Waals surface area contributed by atoms with Crippen LogP contribution in [0.5, 0.6) is 0 Å². The van der Waals surface area contributed by atoms with Gasteiger partial charge in [0.1, 0.15) is 0 Å². The first-order valence-electron chi connectivity index (χ1n) is 6.79. The van der Waals surface area contributed by atoms with E-state index in [9.17, 15) is 9.90 Å². The van der Waals surface area contributed by atoms with Crippen molar-refractivity contribution in [1.29, 1.82) is 0 Å². The van der Waals surface area contributed by atoms with Gasteiger partial charge in [0, 0.05) is 0 Å². The molecule has 0 spiro atoms. The molecule has 100 valence electrons. The second-order valence-corrected chi connectivity index (χ2v) is 5.24. The van der Waals surface area contributed by atoms with Crippen LogP contribution in [0.4, 0.5) is 0 Å². The number of carboxylic acid groups (broad SMARTS) is 1. The molecule has 0 aliphatic rings. The highest BCUT2D eigenvalue weighted by Crippen LogP contribution is 2.30. The number of hydrogen-bond acceptors (Lipinski definition) is 1. The van der Waals surface area contributed by atoms with Crippen LogP contribution in [0.3, 0.4) is 0 Å². The second kappa shape index (κ2) is 4.97. The molecule has 0 bridgehead atoms. The van der Waals surface area contributed by atoms with Crippen LogP contribution in [-0.4, -0.2) is 11.1 Å². The van der Waals surface area contributed by atoms with Gasteiger partial charge in [-0.2, -0.15) is 0 Å². The topological polar surface area (TPSA) is 37.3 Å². The maximum atomic E-state index is 11.2. The molecule has 0 aliphatic heterocycles. The van der Waals surface area contributed by atoms with Gasteiger partial charge in [0.25, 0.3) is 0 Å². The molecule has 2 heteroatoms. The molecule has 0 aromatic heterocycles. The Kier molecular flexibility index (Phi) is 3.15. The molecule has 3 rings (SSSR count). The summed E-state index contributed by atoms with van der Waals surface area (Å²) >= 11 is 0. The van der Waals surface area contributed by atoms with E-state index in [-0.39, 0.29) is 5.92 Å². The van der Waals surface area contributed by atoms with Crippen molar-refractivity contribution in [1.82, 2.24) is 0 Å². The molecular formula is C18H16O2. The van der Waals surface area contributed by atoms with E-state index < -0.39 is 5.97 Å². The monoisotopic (exact) mass is 264 g/mol. The van der Waals surface area contributed by atoms with Crippen molar-refractivity contribution < 1.29 is 9.90 Å². The van der Waals surface area contributed by atoms with Crippen LogP contribution < -0.4 is 0 Å². The molecule has 1 N–H and O–H groups in total. The number of hydrogen-bond donors (Lipinski definition) is 1. The fourth-order valence-electron chi connectivity index (χ4n) is 2.72. The van der Waals surface area contributed by atoms with Crippen LogP contribution in [0, 0.1) is 5.92 Å². The fourth-order valence-corrected chi connectivity index (χ4v) is 2.72. The van der Waals surface area contributed by atoms with E-state index in [1.54, 1.807) is 6.92 Å². The molecule has 0 heterocycles. The summed E-state index contributed by atoms with van der Waals surface area (Å²) in [4.78, 5) is 11.2. The minimum absolute atomic E-state index is 0.385. The first-order valence-corrected chi connectivity index (χ1v) is 6.79. The Hall–Kier alpha value is -2.35. The highest BCUT2D eigenvalue weighted by atomic mass is 16.4. The average Bonchev–Trinajstić information content (AvgIpc) is 2.46. The summed E-state index contributed by atoms with van der Waals surface area (Å²) in [7, 11) is 0. The van der Waals surface area contributed by atoms with Gasteiger partial charge in [-0.15, -0.1) is 0 Å². The predicted molar refractivity (Wildman–Crippen MR) is 82.0 cm³/mol. The van der Waals surface area contributed by atoms with Gasteiger partial charge in [-0.3, -0.25) is 4.79 Å². The zero-order chi connectivity index (χ0) is 14.1. The number of carboxylic acids is 1. The van der Waals surface area contributed by atoms with Gasteiger partial charge >= 0.3 is 5.97 Å². The molecule has 0 saturated heterocycles. The van der Waals surface area contributed by atoms with Gasteiger partial charge in [-0.1, -0.05) is 55.5 Å². The zero-order valence-electron chi connectivity index (χ0n) is 11.3. The Morgan fingerprint density at radius 2 is 1.50 bits per heavy atom. The Morgan fingerprint density at radius 1 is 1.00 bits per heavy atom. The summed E-state index contributed by atoms with van der Waals surface area (Å²) < 4.78 is 0. The lowest BCUT2D eigenvalue weighted by molar-refractivity contribution is -0.141. The maximum Gasteiger partial charge on any atom is 0.306 e. The highest BCUT2D eigenvalue weighted by molar-refractivity contribution is 6.02. The molecule has 2 nitrogen and oxygen atoms in total. The summed E-state index contributed by atoms with van der Waals surface area (Å²) in [5.41, 5.74) is 1.13. The molecule has 3 aromatic carbocycles. The van der Waals surface area contributed by atoms with Crippen LogP contribution in [0.2, 0.25) is 0 Å². The largest absolute Gasteiger partial charge is 0.481 e. The normalized spacial score (nSPS) is 12.7. The molecular weight excluding hydrogens is 248 g/mol. The lowest BCUT2D eigenvalue weighted by Gasteiger charge is -2.13. The predicted octanol–water partition coefficient (Wildman–Crippen LogP) is 4.26. The minimum atomic E-state index is -0.748. The molecule has 0 radical (unpaired) electrons. The summed E-state index contributed by atoms with van der Waals surface area (Å²) in [5.74, 6) is -1.13. The third-order valence-corrected chi connectivity index (χ3v) is 3.81. The smallest absolute Gasteiger partial charge is 0.306 e. The first-order chi connectivity index (χ1) is 9.66. The van der Waals surface area contributed by atoms with Gasteiger partial charge in [0.15, 0.2) is 0 Å². The van der Waals surface area contributed by atoms with Crippen molar-refractivity contribution >= 4 is 27.5 Å². The van der Waals surface area contributed by atoms with Crippen molar-refractivity contribution in [3.8, 4) is 0 Å². The summed E-state index contributed by atoms with van der Waals surface area (Å²) in [5, 5.41) is 13.8. The van der Waals surface area contributed by atoms with Crippen LogP contribution in [0.25, 0.3) is 21.5 Å². The minimum Gasteiger partial charge on any atom is -0.481 e. The molecule has 0 aliphatic carbocycles. The van der Waals surface area contributed by atoms with Gasteiger partial charge < -0.3 is 5.11 Å². The van der Waals surface area contributed by atoms with Crippen molar-refractivity contribution in [2.75, 3.05) is 0 Å². The van der Waals surface area contributed by atoms with E-state index >= 15 is 0 Å². The molecule has 0 amide bonds. The Balaban J connectivity index is 2.30. The average molecular weight is 264 g/mol. The van der Waals surface area contributed by atoms with E-state index in [0.717, 1.165) is 16.3 Å². The van der Waals surface area contributed by atoms with E-state index in [1.165, 1.54) is 10.8 Å². The molecule has 1 atom stereocenters. The molecule has 0 saturated carbocycles. The third kappa shape index (κ3) is 2.14. The number of aliphatic carboxylic acids is 1. The van der Waals surface area contributed by atoms with Gasteiger partial charge in [-0.25, -0.2) is 0 Å². The van der Waals surface area contributed by atoms with E-state index in [1.807, 2.05) is 24.3 Å². The number of benzene rings is 3. The zero-order valence-corrected chi connectivity index (χ0v) is 11.3. The van der Waals surface area contributed by atoms with Crippen molar-refractivity contribution in [3.63, 3.8) is 0 Å². The van der Waals surface area contributed by atoms with Crippen LogP contribution in [0.1, 0.15) is 12.5 Å². The van der Waals surface area contributed by atoms with Crippen LogP contribution in [-0.2, 0) is 11.2 Å². The van der Waals surface area contributed by atoms with Crippen molar-refractivity contribution in [2.24, 2.45) is 5.92 Å². The molecule has 3 aromatic rings. The van der Waals surface area contributed by atoms with E-state index in [2.05, 4.69) is 30.3 Å². The van der Waals surface area contributed by atoms with Gasteiger partial charge in [0.05, 0.1) is 5.92 Å². The number of rotatable bonds is 3. The second-order valence-electron chi connectivity index (χ2n) is 5.24. The summed E-state index contributed by atoms with van der Waals surface area (Å²) in [6.45, 7) is 1.76. The maximum absolute atomic E-state index is 11.2. The third-order valence-electron chi connectivity index (χ3n) is 3.81. The molecule has 0 fully saturated rings. The van der Waals surface area contributed by atoms with Crippen molar-refractivity contribution in [2.45, 2.75) is 13.3 Å². The Morgan fingerprint density at radius 3 is 2.00 bits per heavy atom.